The van der Waals surface area contributed by atoms with Gasteiger partial charge in [-0.2, -0.15) is 0 Å². The number of nitrogens with zero attached hydrogens (tertiary/aromatic N) is 1. The summed E-state index contributed by atoms with van der Waals surface area (Å²) in [5.41, 5.74) is 1.34. The highest BCUT2D eigenvalue weighted by Gasteiger charge is 2.07. The number of anilines is 1. The molecule has 0 atom stereocenters. The molecule has 0 saturated carbocycles. The monoisotopic (exact) mass is 264 g/mol. The zero-order chi connectivity index (χ0) is 14.3. The lowest BCUT2D eigenvalue weighted by molar-refractivity contribution is -0.118. The zero-order valence-electron chi connectivity index (χ0n) is 11.5. The van der Waals surface area contributed by atoms with Gasteiger partial charge < -0.3 is 16.0 Å². The Kier molecular flexibility index (Phi) is 5.78. The summed E-state index contributed by atoms with van der Waals surface area (Å²) < 4.78 is 0. The summed E-state index contributed by atoms with van der Waals surface area (Å²) in [7, 11) is 0. The van der Waals surface area contributed by atoms with E-state index in [4.69, 9.17) is 0 Å². The lowest BCUT2D eigenvalue weighted by atomic mass is 10.2. The van der Waals surface area contributed by atoms with Gasteiger partial charge in [0.1, 0.15) is 5.82 Å². The van der Waals surface area contributed by atoms with Gasteiger partial charge in [-0.3, -0.25) is 9.59 Å². The van der Waals surface area contributed by atoms with Crippen LogP contribution in [-0.2, 0) is 4.79 Å². The van der Waals surface area contributed by atoms with Crippen LogP contribution < -0.4 is 16.0 Å². The molecule has 6 heteroatoms. The Morgan fingerprint density at radius 2 is 1.89 bits per heavy atom. The lowest BCUT2D eigenvalue weighted by Gasteiger charge is -2.09. The van der Waals surface area contributed by atoms with Crippen molar-refractivity contribution < 1.29 is 9.59 Å². The van der Waals surface area contributed by atoms with Gasteiger partial charge in [-0.25, -0.2) is 4.98 Å². The van der Waals surface area contributed by atoms with Crippen molar-refractivity contribution in [2.45, 2.75) is 20.8 Å². The van der Waals surface area contributed by atoms with Crippen LogP contribution in [0.15, 0.2) is 12.1 Å². The van der Waals surface area contributed by atoms with Crippen LogP contribution in [0.5, 0.6) is 0 Å². The van der Waals surface area contributed by atoms with Gasteiger partial charge in [-0.15, -0.1) is 0 Å². The van der Waals surface area contributed by atoms with E-state index in [0.717, 1.165) is 12.2 Å². The average Bonchev–Trinajstić information content (AvgIpc) is 2.34. The van der Waals surface area contributed by atoms with Crippen LogP contribution in [-0.4, -0.2) is 36.4 Å². The topological polar surface area (TPSA) is 83.1 Å². The third-order valence-electron chi connectivity index (χ3n) is 2.36. The number of aromatic nitrogens is 1. The zero-order valence-corrected chi connectivity index (χ0v) is 11.5. The first-order valence-electron chi connectivity index (χ1n) is 6.28. The van der Waals surface area contributed by atoms with Gasteiger partial charge in [-0.05, 0) is 26.0 Å². The first-order valence-corrected chi connectivity index (χ1v) is 6.28. The Balaban J connectivity index is 2.58. The Morgan fingerprint density at radius 1 is 1.21 bits per heavy atom. The smallest absolute Gasteiger partial charge is 0.251 e. The van der Waals surface area contributed by atoms with E-state index in [1.807, 2.05) is 13.8 Å². The van der Waals surface area contributed by atoms with Gasteiger partial charge in [0.15, 0.2) is 0 Å². The highest BCUT2D eigenvalue weighted by Crippen LogP contribution is 2.09. The van der Waals surface area contributed by atoms with Crippen LogP contribution in [0.2, 0.25) is 0 Å². The van der Waals surface area contributed by atoms with E-state index in [1.165, 1.54) is 6.92 Å². The van der Waals surface area contributed by atoms with Crippen molar-refractivity contribution >= 4 is 17.6 Å². The van der Waals surface area contributed by atoms with Crippen LogP contribution in [0.4, 0.5) is 5.82 Å². The summed E-state index contributed by atoms with van der Waals surface area (Å²) in [5.74, 6) is 0.410. The standard InChI is InChI=1S/C13H20N4O2/c1-4-14-12-8-11(7-9(2)17-12)13(19)16-6-5-15-10(3)18/h7-8H,4-6H2,1-3H3,(H,14,17)(H,15,18)(H,16,19). The van der Waals surface area contributed by atoms with Crippen LogP contribution in [0.1, 0.15) is 29.9 Å². The molecule has 1 heterocycles. The second-order valence-electron chi connectivity index (χ2n) is 4.15. The lowest BCUT2D eigenvalue weighted by Crippen LogP contribution is -2.33. The number of amides is 2. The summed E-state index contributed by atoms with van der Waals surface area (Å²) in [6, 6.07) is 3.44. The fourth-order valence-corrected chi connectivity index (χ4v) is 1.59. The molecule has 1 rings (SSSR count). The Bertz CT molecular complexity index is 460. The molecule has 0 aromatic carbocycles. The molecule has 0 aliphatic heterocycles. The molecule has 0 radical (unpaired) electrons. The fourth-order valence-electron chi connectivity index (χ4n) is 1.59. The largest absolute Gasteiger partial charge is 0.370 e. The number of hydrogen-bond acceptors (Lipinski definition) is 4. The molecule has 0 fully saturated rings. The maximum atomic E-state index is 11.9. The molecule has 0 bridgehead atoms. The molecule has 0 aliphatic carbocycles. The number of pyridine rings is 1. The molecule has 1 aromatic heterocycles. The molecular formula is C13H20N4O2. The van der Waals surface area contributed by atoms with E-state index in [9.17, 15) is 9.59 Å². The maximum absolute atomic E-state index is 11.9. The highest BCUT2D eigenvalue weighted by molar-refractivity contribution is 5.95. The first-order chi connectivity index (χ1) is 9.02. The minimum Gasteiger partial charge on any atom is -0.370 e. The normalized spacial score (nSPS) is 9.84. The van der Waals surface area contributed by atoms with Crippen molar-refractivity contribution in [3.05, 3.63) is 23.4 Å². The van der Waals surface area contributed by atoms with E-state index in [0.29, 0.717) is 24.5 Å². The van der Waals surface area contributed by atoms with Crippen LogP contribution in [0.3, 0.4) is 0 Å². The quantitative estimate of drug-likeness (QED) is 0.660. The number of carbonyl (C=O) groups is 2. The van der Waals surface area contributed by atoms with Crippen molar-refractivity contribution in [2.75, 3.05) is 25.0 Å². The SMILES string of the molecule is CCNc1cc(C(=O)NCCNC(C)=O)cc(C)n1. The van der Waals surface area contributed by atoms with Crippen molar-refractivity contribution in [3.63, 3.8) is 0 Å². The molecule has 0 unspecified atom stereocenters. The second kappa shape index (κ2) is 7.35. The van der Waals surface area contributed by atoms with Crippen molar-refractivity contribution in [3.8, 4) is 0 Å². The van der Waals surface area contributed by atoms with Gasteiger partial charge in [0.2, 0.25) is 5.91 Å². The van der Waals surface area contributed by atoms with Gasteiger partial charge >= 0.3 is 0 Å². The van der Waals surface area contributed by atoms with E-state index in [1.54, 1.807) is 12.1 Å². The molecule has 104 valence electrons. The summed E-state index contributed by atoms with van der Waals surface area (Å²) in [6.07, 6.45) is 0. The molecule has 0 spiro atoms. The van der Waals surface area contributed by atoms with Crippen molar-refractivity contribution in [1.29, 1.82) is 0 Å². The molecule has 2 amide bonds. The van der Waals surface area contributed by atoms with Crippen molar-refractivity contribution in [1.82, 2.24) is 15.6 Å². The summed E-state index contributed by atoms with van der Waals surface area (Å²) in [4.78, 5) is 26.9. The Morgan fingerprint density at radius 3 is 2.53 bits per heavy atom. The minimum absolute atomic E-state index is 0.108. The van der Waals surface area contributed by atoms with Gasteiger partial charge in [0, 0.05) is 37.8 Å². The summed E-state index contributed by atoms with van der Waals surface area (Å²) in [5, 5.41) is 8.44. The second-order valence-corrected chi connectivity index (χ2v) is 4.15. The van der Waals surface area contributed by atoms with E-state index in [2.05, 4.69) is 20.9 Å². The number of nitrogens with one attached hydrogen (secondary N) is 3. The van der Waals surface area contributed by atoms with Gasteiger partial charge in [-0.1, -0.05) is 0 Å². The fraction of sp³-hybridized carbons (Fsp3) is 0.462. The maximum Gasteiger partial charge on any atom is 0.251 e. The van der Waals surface area contributed by atoms with E-state index in [-0.39, 0.29) is 11.8 Å². The van der Waals surface area contributed by atoms with Crippen LogP contribution in [0, 0.1) is 6.92 Å². The van der Waals surface area contributed by atoms with Gasteiger partial charge in [0.05, 0.1) is 0 Å². The average molecular weight is 264 g/mol. The molecule has 1 aromatic rings. The van der Waals surface area contributed by atoms with Crippen LogP contribution >= 0.6 is 0 Å². The summed E-state index contributed by atoms with van der Waals surface area (Å²) >= 11 is 0. The highest BCUT2D eigenvalue weighted by atomic mass is 16.2. The predicted octanol–water partition coefficient (Wildman–Crippen LogP) is 0.688. The molecule has 3 N–H and O–H groups in total. The number of hydrogen-bond donors (Lipinski definition) is 3. The number of aryl methyl sites for hydroxylation is 1. The van der Waals surface area contributed by atoms with Crippen LogP contribution in [0.25, 0.3) is 0 Å². The van der Waals surface area contributed by atoms with Crippen molar-refractivity contribution in [2.24, 2.45) is 0 Å². The molecule has 0 aliphatic rings. The number of rotatable bonds is 6. The Hall–Kier alpha value is -2.11. The van der Waals surface area contributed by atoms with E-state index < -0.39 is 0 Å². The third-order valence-corrected chi connectivity index (χ3v) is 2.36. The number of carbonyl (C=O) groups excluding carboxylic acids is 2. The molecule has 0 saturated heterocycles. The molecule has 19 heavy (non-hydrogen) atoms. The Labute approximate surface area is 113 Å². The third kappa shape index (κ3) is 5.37. The predicted molar refractivity (Wildman–Crippen MR) is 74.2 cm³/mol. The summed E-state index contributed by atoms with van der Waals surface area (Å²) in [6.45, 7) is 6.82. The molecular weight excluding hydrogens is 244 g/mol. The first kappa shape index (κ1) is 14.9. The minimum atomic E-state index is -0.171. The van der Waals surface area contributed by atoms with E-state index >= 15 is 0 Å². The molecule has 6 nitrogen and oxygen atoms in total. The van der Waals surface area contributed by atoms with Gasteiger partial charge in [0.25, 0.3) is 5.91 Å².